The minimum atomic E-state index is 0.0339. The van der Waals surface area contributed by atoms with Crippen LogP contribution in [0.4, 0.5) is 0 Å². The number of oxazole rings is 1. The van der Waals surface area contributed by atoms with E-state index in [1.165, 1.54) is 5.56 Å². The normalized spacial score (nSPS) is 18.9. The predicted molar refractivity (Wildman–Crippen MR) is 92.9 cm³/mol. The third-order valence-corrected chi connectivity index (χ3v) is 4.57. The maximum atomic E-state index is 12.2. The second-order valence-electron chi connectivity index (χ2n) is 6.52. The van der Waals surface area contributed by atoms with Gasteiger partial charge in [-0.05, 0) is 37.6 Å². The fraction of sp³-hybridized carbons (Fsp3) is 0.300. The van der Waals surface area contributed by atoms with E-state index in [2.05, 4.69) is 10.3 Å². The highest BCUT2D eigenvalue weighted by Crippen LogP contribution is 2.47. The van der Waals surface area contributed by atoms with Crippen molar-refractivity contribution in [1.82, 2.24) is 10.3 Å². The lowest BCUT2D eigenvalue weighted by atomic mass is 10.1. The second kappa shape index (κ2) is 6.59. The van der Waals surface area contributed by atoms with Crippen molar-refractivity contribution in [1.29, 1.82) is 0 Å². The molecule has 1 aromatic carbocycles. The first-order valence-corrected chi connectivity index (χ1v) is 8.53. The van der Waals surface area contributed by atoms with Gasteiger partial charge in [-0.3, -0.25) is 4.79 Å². The minimum Gasteiger partial charge on any atom is -0.469 e. The molecule has 2 heterocycles. The molecule has 1 saturated carbocycles. The van der Waals surface area contributed by atoms with Gasteiger partial charge in [0, 0.05) is 30.4 Å². The molecule has 5 heteroatoms. The maximum Gasteiger partial charge on any atom is 0.226 e. The van der Waals surface area contributed by atoms with Gasteiger partial charge in [-0.15, -0.1) is 0 Å². The number of nitrogens with zero attached hydrogens (tertiary/aromatic N) is 1. The smallest absolute Gasteiger partial charge is 0.226 e. The van der Waals surface area contributed by atoms with E-state index in [1.54, 1.807) is 12.5 Å². The molecule has 25 heavy (non-hydrogen) atoms. The van der Waals surface area contributed by atoms with Crippen LogP contribution >= 0.6 is 0 Å². The van der Waals surface area contributed by atoms with Gasteiger partial charge in [0.05, 0.1) is 12.0 Å². The average Bonchev–Trinajstić information content (AvgIpc) is 3.02. The maximum absolute atomic E-state index is 12.2. The number of aryl methyl sites for hydroxylation is 1. The lowest BCUT2D eigenvalue weighted by Gasteiger charge is -2.02. The molecule has 2 atom stereocenters. The van der Waals surface area contributed by atoms with Crippen molar-refractivity contribution in [3.8, 4) is 11.5 Å². The Morgan fingerprint density at radius 2 is 2.08 bits per heavy atom. The quantitative estimate of drug-likeness (QED) is 0.745. The first-order chi connectivity index (χ1) is 12.2. The van der Waals surface area contributed by atoms with Crippen molar-refractivity contribution >= 4 is 5.91 Å². The van der Waals surface area contributed by atoms with Crippen molar-refractivity contribution in [3.63, 3.8) is 0 Å². The molecule has 1 aliphatic rings. The molecule has 5 nitrogen and oxygen atoms in total. The number of carbonyl (C=O) groups is 1. The molecule has 128 valence electrons. The summed E-state index contributed by atoms with van der Waals surface area (Å²) in [5.41, 5.74) is 3.00. The predicted octanol–water partition coefficient (Wildman–Crippen LogP) is 3.71. The molecular formula is C20H20N2O3. The topological polar surface area (TPSA) is 68.3 Å². The monoisotopic (exact) mass is 336 g/mol. The fourth-order valence-corrected chi connectivity index (χ4v) is 3.00. The average molecular weight is 336 g/mol. The number of carbonyl (C=O) groups excluding carboxylic acids is 1. The summed E-state index contributed by atoms with van der Waals surface area (Å²) >= 11 is 0. The van der Waals surface area contributed by atoms with Gasteiger partial charge in [-0.2, -0.15) is 0 Å². The summed E-state index contributed by atoms with van der Waals surface area (Å²) < 4.78 is 10.9. The van der Waals surface area contributed by atoms with E-state index in [4.69, 9.17) is 8.83 Å². The molecule has 3 aromatic rings. The van der Waals surface area contributed by atoms with E-state index in [0.29, 0.717) is 18.9 Å². The molecule has 0 bridgehead atoms. The van der Waals surface area contributed by atoms with Gasteiger partial charge in [0.2, 0.25) is 11.8 Å². The van der Waals surface area contributed by atoms with Crippen molar-refractivity contribution in [2.75, 3.05) is 6.54 Å². The molecule has 0 radical (unpaired) electrons. The number of nitrogens with one attached hydrogen (secondary N) is 1. The SMILES string of the molecule is Cc1ccc(-c2nc(CCNC(=O)[C@@H]3C[C@H]3c3ccco3)co2)cc1. The van der Waals surface area contributed by atoms with Crippen molar-refractivity contribution in [2.24, 2.45) is 5.92 Å². The largest absolute Gasteiger partial charge is 0.469 e. The van der Waals surface area contributed by atoms with E-state index in [9.17, 15) is 4.79 Å². The summed E-state index contributed by atoms with van der Waals surface area (Å²) in [4.78, 5) is 16.7. The molecule has 0 spiro atoms. The van der Waals surface area contributed by atoms with Crippen LogP contribution in [0.15, 0.2) is 57.8 Å². The van der Waals surface area contributed by atoms with Crippen LogP contribution in [0.25, 0.3) is 11.5 Å². The van der Waals surface area contributed by atoms with E-state index < -0.39 is 0 Å². The Balaban J connectivity index is 1.27. The van der Waals surface area contributed by atoms with E-state index in [0.717, 1.165) is 23.4 Å². The van der Waals surface area contributed by atoms with Crippen LogP contribution in [0.5, 0.6) is 0 Å². The third-order valence-electron chi connectivity index (χ3n) is 4.57. The Kier molecular flexibility index (Phi) is 4.14. The Morgan fingerprint density at radius 3 is 2.84 bits per heavy atom. The number of aromatic nitrogens is 1. The molecule has 0 saturated heterocycles. The molecule has 1 amide bonds. The first-order valence-electron chi connectivity index (χ1n) is 8.53. The van der Waals surface area contributed by atoms with E-state index in [1.807, 2.05) is 43.3 Å². The Hall–Kier alpha value is -2.82. The van der Waals surface area contributed by atoms with Gasteiger partial charge in [-0.25, -0.2) is 4.98 Å². The second-order valence-corrected chi connectivity index (χ2v) is 6.52. The zero-order valence-corrected chi connectivity index (χ0v) is 14.1. The Labute approximate surface area is 146 Å². The number of hydrogen-bond donors (Lipinski definition) is 1. The number of amides is 1. The molecule has 0 unspecified atom stereocenters. The van der Waals surface area contributed by atoms with Crippen molar-refractivity contribution in [3.05, 3.63) is 65.9 Å². The number of rotatable bonds is 6. The molecular weight excluding hydrogens is 316 g/mol. The van der Waals surface area contributed by atoms with Gasteiger partial charge < -0.3 is 14.2 Å². The molecule has 1 aliphatic carbocycles. The molecule has 0 aliphatic heterocycles. The summed E-state index contributed by atoms with van der Waals surface area (Å²) in [5, 5.41) is 2.98. The van der Waals surface area contributed by atoms with Crippen LogP contribution in [-0.4, -0.2) is 17.4 Å². The molecule has 2 aromatic heterocycles. The lowest BCUT2D eigenvalue weighted by Crippen LogP contribution is -2.27. The van der Waals surface area contributed by atoms with Crippen LogP contribution in [0.1, 0.15) is 29.4 Å². The van der Waals surface area contributed by atoms with Gasteiger partial charge in [0.15, 0.2) is 0 Å². The summed E-state index contributed by atoms with van der Waals surface area (Å²) in [6.07, 6.45) is 4.82. The van der Waals surface area contributed by atoms with Gasteiger partial charge in [0.25, 0.3) is 0 Å². The summed E-state index contributed by atoms with van der Waals surface area (Å²) in [6, 6.07) is 11.8. The number of hydrogen-bond acceptors (Lipinski definition) is 4. The summed E-state index contributed by atoms with van der Waals surface area (Å²) in [5.74, 6) is 1.87. The van der Waals surface area contributed by atoms with Crippen LogP contribution < -0.4 is 5.32 Å². The highest BCUT2D eigenvalue weighted by atomic mass is 16.3. The van der Waals surface area contributed by atoms with Crippen LogP contribution in [0.2, 0.25) is 0 Å². The zero-order valence-electron chi connectivity index (χ0n) is 14.1. The fourth-order valence-electron chi connectivity index (χ4n) is 3.00. The molecule has 4 rings (SSSR count). The molecule has 1 fully saturated rings. The minimum absolute atomic E-state index is 0.0339. The van der Waals surface area contributed by atoms with Crippen LogP contribution in [-0.2, 0) is 11.2 Å². The number of furan rings is 1. The third kappa shape index (κ3) is 3.50. The van der Waals surface area contributed by atoms with Crippen LogP contribution in [0, 0.1) is 12.8 Å². The van der Waals surface area contributed by atoms with Gasteiger partial charge in [-0.1, -0.05) is 17.7 Å². The van der Waals surface area contributed by atoms with Crippen molar-refractivity contribution < 1.29 is 13.6 Å². The zero-order chi connectivity index (χ0) is 17.2. The molecule has 1 N–H and O–H groups in total. The highest BCUT2D eigenvalue weighted by molar-refractivity contribution is 5.82. The van der Waals surface area contributed by atoms with Gasteiger partial charge in [0.1, 0.15) is 12.0 Å². The number of benzene rings is 1. The standard InChI is InChI=1S/C20H20N2O3/c1-13-4-6-14(7-5-13)20-22-15(12-25-20)8-9-21-19(23)17-11-16(17)18-3-2-10-24-18/h2-7,10,12,16-17H,8-9,11H2,1H3,(H,21,23)/t16-,17-/m1/s1. The highest BCUT2D eigenvalue weighted by Gasteiger charge is 2.45. The van der Waals surface area contributed by atoms with Crippen LogP contribution in [0.3, 0.4) is 0 Å². The Bertz CT molecular complexity index is 849. The van der Waals surface area contributed by atoms with E-state index in [-0.39, 0.29) is 17.7 Å². The summed E-state index contributed by atoms with van der Waals surface area (Å²) in [6.45, 7) is 2.60. The lowest BCUT2D eigenvalue weighted by molar-refractivity contribution is -0.122. The van der Waals surface area contributed by atoms with E-state index >= 15 is 0 Å². The van der Waals surface area contributed by atoms with Gasteiger partial charge >= 0.3 is 0 Å². The first kappa shape index (κ1) is 15.7. The summed E-state index contributed by atoms with van der Waals surface area (Å²) in [7, 11) is 0. The Morgan fingerprint density at radius 1 is 1.24 bits per heavy atom. The van der Waals surface area contributed by atoms with Crippen molar-refractivity contribution in [2.45, 2.75) is 25.7 Å².